The molecular weight excluding hydrogens is 435 g/mol. The van der Waals surface area contributed by atoms with Gasteiger partial charge in [-0.1, -0.05) is 6.92 Å². The van der Waals surface area contributed by atoms with E-state index in [4.69, 9.17) is 21.3 Å². The Balaban J connectivity index is 1.70. The van der Waals surface area contributed by atoms with Gasteiger partial charge in [-0.2, -0.15) is 0 Å². The molecule has 0 bridgehead atoms. The van der Waals surface area contributed by atoms with E-state index >= 15 is 0 Å². The van der Waals surface area contributed by atoms with E-state index in [1.807, 2.05) is 0 Å². The highest BCUT2D eigenvalue weighted by Crippen LogP contribution is 2.47. The monoisotopic (exact) mass is 454 g/mol. The largest absolute Gasteiger partial charge is 0.458 e. The third-order valence-corrected chi connectivity index (χ3v) is 7.74. The molecule has 2 atom stereocenters. The first kappa shape index (κ1) is 19.9. The normalized spacial score (nSPS) is 23.0. The first-order chi connectivity index (χ1) is 15.3. The Hall–Kier alpha value is -2.77. The van der Waals surface area contributed by atoms with Crippen LogP contribution in [0.25, 0.3) is 22.3 Å². The molecule has 3 aromatic rings. The summed E-state index contributed by atoms with van der Waals surface area (Å²) in [5.41, 5.74) is 3.14. The van der Waals surface area contributed by atoms with Gasteiger partial charge in [0.25, 0.3) is 5.56 Å². The minimum atomic E-state index is -1.89. The number of halogens is 2. The fourth-order valence-corrected chi connectivity index (χ4v) is 5.85. The Morgan fingerprint density at radius 1 is 1.31 bits per heavy atom. The molecule has 1 N–H and O–H groups in total. The Labute approximate surface area is 187 Å². The Kier molecular flexibility index (Phi) is 3.97. The minimum absolute atomic E-state index is 0.0720. The molecular formula is C24H20ClFN2O4. The third kappa shape index (κ3) is 2.30. The van der Waals surface area contributed by atoms with Gasteiger partial charge in [0.05, 0.1) is 34.4 Å². The van der Waals surface area contributed by atoms with Crippen molar-refractivity contribution in [3.63, 3.8) is 0 Å². The van der Waals surface area contributed by atoms with Crippen LogP contribution in [-0.4, -0.2) is 20.6 Å². The number of aliphatic hydroxyl groups is 1. The number of rotatable bonds is 1. The van der Waals surface area contributed by atoms with Gasteiger partial charge in [-0.3, -0.25) is 4.79 Å². The van der Waals surface area contributed by atoms with Crippen LogP contribution in [0.2, 0.25) is 0 Å². The number of nitrogens with zero attached hydrogens (tertiary/aromatic N) is 2. The van der Waals surface area contributed by atoms with Gasteiger partial charge in [-0.15, -0.1) is 11.6 Å². The van der Waals surface area contributed by atoms with E-state index < -0.39 is 11.6 Å². The maximum Gasteiger partial charge on any atom is 0.343 e. The highest BCUT2D eigenvalue weighted by molar-refractivity contribution is 6.22. The predicted molar refractivity (Wildman–Crippen MR) is 116 cm³/mol. The molecule has 1 aromatic carbocycles. The Bertz CT molecular complexity index is 1450. The van der Waals surface area contributed by atoms with Gasteiger partial charge in [0, 0.05) is 22.6 Å². The number of pyridine rings is 2. The van der Waals surface area contributed by atoms with Gasteiger partial charge < -0.3 is 14.4 Å². The van der Waals surface area contributed by atoms with E-state index in [1.165, 1.54) is 6.07 Å². The third-order valence-electron chi connectivity index (χ3n) is 7.31. The number of cyclic esters (lactones) is 1. The van der Waals surface area contributed by atoms with Gasteiger partial charge in [0.2, 0.25) is 0 Å². The van der Waals surface area contributed by atoms with E-state index in [1.54, 1.807) is 24.5 Å². The highest BCUT2D eigenvalue weighted by Gasteiger charge is 2.45. The van der Waals surface area contributed by atoms with E-state index in [9.17, 15) is 19.1 Å². The lowest BCUT2D eigenvalue weighted by Gasteiger charge is -2.31. The van der Waals surface area contributed by atoms with Gasteiger partial charge in [-0.05, 0) is 48.9 Å². The maximum atomic E-state index is 14.7. The summed E-state index contributed by atoms with van der Waals surface area (Å²) < 4.78 is 21.4. The molecule has 6 nitrogen and oxygen atoms in total. The Morgan fingerprint density at radius 2 is 2.09 bits per heavy atom. The number of hydrogen-bond donors (Lipinski definition) is 1. The number of carbonyl (C=O) groups excluding carboxylic acids is 1. The molecule has 2 aliphatic heterocycles. The Morgan fingerprint density at radius 3 is 2.84 bits per heavy atom. The van der Waals surface area contributed by atoms with E-state index in [0.717, 1.165) is 22.1 Å². The molecule has 0 saturated carbocycles. The molecule has 0 radical (unpaired) electrons. The number of esters is 1. The zero-order valence-corrected chi connectivity index (χ0v) is 18.3. The average molecular weight is 455 g/mol. The quantitative estimate of drug-likeness (QED) is 0.350. The summed E-state index contributed by atoms with van der Waals surface area (Å²) in [7, 11) is 0. The molecule has 4 heterocycles. The van der Waals surface area contributed by atoms with Gasteiger partial charge in [-0.25, -0.2) is 14.2 Å². The number of alkyl halides is 1. The van der Waals surface area contributed by atoms with Crippen LogP contribution in [0.4, 0.5) is 4.39 Å². The van der Waals surface area contributed by atoms with Gasteiger partial charge >= 0.3 is 5.97 Å². The summed E-state index contributed by atoms with van der Waals surface area (Å²) >= 11 is 6.77. The van der Waals surface area contributed by atoms with Crippen molar-refractivity contribution in [2.45, 2.75) is 57.2 Å². The first-order valence-electron chi connectivity index (χ1n) is 10.7. The maximum absolute atomic E-state index is 14.7. The van der Waals surface area contributed by atoms with E-state index in [-0.39, 0.29) is 47.5 Å². The minimum Gasteiger partial charge on any atom is -0.458 e. The molecule has 6 rings (SSSR count). The van der Waals surface area contributed by atoms with Crippen molar-refractivity contribution < 1.29 is 19.0 Å². The molecule has 0 fully saturated rings. The summed E-state index contributed by atoms with van der Waals surface area (Å²) in [5, 5.41) is 11.6. The number of hydrogen-bond acceptors (Lipinski definition) is 5. The molecule has 0 saturated heterocycles. The van der Waals surface area contributed by atoms with E-state index in [0.29, 0.717) is 35.3 Å². The van der Waals surface area contributed by atoms with Crippen LogP contribution in [0, 0.1) is 12.7 Å². The summed E-state index contributed by atoms with van der Waals surface area (Å²) in [6, 6.07) is 3.08. The fraction of sp³-hybridized carbons (Fsp3) is 0.375. The number of benzene rings is 1. The average Bonchev–Trinajstić information content (AvgIpc) is 3.14. The van der Waals surface area contributed by atoms with Crippen molar-refractivity contribution in [2.24, 2.45) is 0 Å². The van der Waals surface area contributed by atoms with Crippen LogP contribution in [0.1, 0.15) is 58.5 Å². The second-order valence-electron chi connectivity index (χ2n) is 8.82. The SMILES string of the molecule is CCC1(O)C(=O)OCc2c1cc1n(c2=O)Cc2c-1nc1cc(F)c(C)c3c1c2C(Cl)CC3. The lowest BCUT2D eigenvalue weighted by molar-refractivity contribution is -0.172. The van der Waals surface area contributed by atoms with Gasteiger partial charge in [0.15, 0.2) is 5.60 Å². The number of fused-ring (bicyclic) bond motifs is 5. The number of aromatic nitrogens is 2. The second kappa shape index (κ2) is 6.39. The molecule has 164 valence electrons. The molecule has 0 amide bonds. The van der Waals surface area contributed by atoms with Crippen molar-refractivity contribution >= 4 is 28.5 Å². The molecule has 2 unspecified atom stereocenters. The number of ether oxygens (including phenoxy) is 1. The lowest BCUT2D eigenvalue weighted by atomic mass is 9.84. The second-order valence-corrected chi connectivity index (χ2v) is 9.34. The summed E-state index contributed by atoms with van der Waals surface area (Å²) in [6.07, 6.45) is 1.42. The van der Waals surface area contributed by atoms with Crippen LogP contribution in [0.5, 0.6) is 0 Å². The van der Waals surface area contributed by atoms with Crippen LogP contribution < -0.4 is 5.56 Å². The summed E-state index contributed by atoms with van der Waals surface area (Å²) in [4.78, 5) is 30.5. The number of carbonyl (C=O) groups is 1. The molecule has 32 heavy (non-hydrogen) atoms. The lowest BCUT2D eigenvalue weighted by Crippen LogP contribution is -2.44. The topological polar surface area (TPSA) is 81.4 Å². The van der Waals surface area contributed by atoms with E-state index in [2.05, 4.69) is 0 Å². The van der Waals surface area contributed by atoms with Crippen molar-refractivity contribution in [1.29, 1.82) is 0 Å². The fourth-order valence-electron chi connectivity index (χ4n) is 5.50. The van der Waals surface area contributed by atoms with Crippen molar-refractivity contribution in [3.05, 3.63) is 61.7 Å². The molecule has 0 spiro atoms. The van der Waals surface area contributed by atoms with Crippen molar-refractivity contribution in [2.75, 3.05) is 0 Å². The van der Waals surface area contributed by atoms with Crippen LogP contribution in [0.15, 0.2) is 16.9 Å². The summed E-state index contributed by atoms with van der Waals surface area (Å²) in [5.74, 6) is -1.08. The van der Waals surface area contributed by atoms with Crippen LogP contribution in [0.3, 0.4) is 0 Å². The van der Waals surface area contributed by atoms with Crippen molar-refractivity contribution in [3.8, 4) is 11.4 Å². The smallest absolute Gasteiger partial charge is 0.343 e. The number of aryl methyl sites for hydroxylation is 1. The first-order valence-corrected chi connectivity index (χ1v) is 11.2. The molecule has 2 aromatic heterocycles. The van der Waals surface area contributed by atoms with Crippen molar-refractivity contribution in [1.82, 2.24) is 9.55 Å². The zero-order valence-electron chi connectivity index (χ0n) is 17.6. The standard InChI is InChI=1S/C24H20ClFN2O4/c1-3-24(31)14-6-18-21-12(8-28(18)22(29)13(14)9-32-23(24)30)19-15(25)5-4-11-10(2)16(26)7-17(27-21)20(11)19/h6-7,15,31H,3-5,8-9H2,1-2H3. The summed E-state index contributed by atoms with van der Waals surface area (Å²) in [6.45, 7) is 3.54. The zero-order chi connectivity index (χ0) is 22.5. The van der Waals surface area contributed by atoms with Crippen LogP contribution in [-0.2, 0) is 34.7 Å². The molecule has 1 aliphatic carbocycles. The molecule has 3 aliphatic rings. The van der Waals surface area contributed by atoms with Crippen LogP contribution >= 0.6 is 11.6 Å². The highest BCUT2D eigenvalue weighted by atomic mass is 35.5. The molecule has 8 heteroatoms. The predicted octanol–water partition coefficient (Wildman–Crippen LogP) is 3.75. The van der Waals surface area contributed by atoms with Gasteiger partial charge in [0.1, 0.15) is 12.4 Å².